The molecule has 0 saturated carbocycles. The first-order valence-electron chi connectivity index (χ1n) is 5.85. The van der Waals surface area contributed by atoms with Crippen molar-refractivity contribution in [2.75, 3.05) is 0 Å². The first-order chi connectivity index (χ1) is 7.81. The third kappa shape index (κ3) is 2.09. The van der Waals surface area contributed by atoms with Crippen LogP contribution < -0.4 is 0 Å². The van der Waals surface area contributed by atoms with Crippen LogP contribution in [0.15, 0.2) is 23.0 Å². The number of carboxylic acids is 1. The van der Waals surface area contributed by atoms with E-state index in [2.05, 4.69) is 0 Å². The summed E-state index contributed by atoms with van der Waals surface area (Å²) in [6.45, 7) is 5.61. The van der Waals surface area contributed by atoms with Gasteiger partial charge in [0.25, 0.3) is 0 Å². The molecule has 2 aliphatic rings. The SMILES string of the molecule is CC1=CC(C)(O)C(C)C2=C1OC(CC(=O)O)C2. The highest BCUT2D eigenvalue weighted by Crippen LogP contribution is 2.44. The molecule has 0 saturated heterocycles. The van der Waals surface area contributed by atoms with Gasteiger partial charge in [0.2, 0.25) is 0 Å². The zero-order chi connectivity index (χ0) is 12.8. The average molecular weight is 238 g/mol. The summed E-state index contributed by atoms with van der Waals surface area (Å²) in [6.07, 6.45) is 2.11. The Morgan fingerprint density at radius 2 is 2.29 bits per heavy atom. The Labute approximate surface area is 101 Å². The molecule has 0 fully saturated rings. The second-order valence-electron chi connectivity index (χ2n) is 5.17. The van der Waals surface area contributed by atoms with Crippen LogP contribution in [-0.4, -0.2) is 27.9 Å². The van der Waals surface area contributed by atoms with Crippen molar-refractivity contribution in [3.05, 3.63) is 23.0 Å². The smallest absolute Gasteiger partial charge is 0.307 e. The number of aliphatic carboxylic acids is 1. The summed E-state index contributed by atoms with van der Waals surface area (Å²) in [4.78, 5) is 10.7. The summed E-state index contributed by atoms with van der Waals surface area (Å²) in [6, 6.07) is 0. The van der Waals surface area contributed by atoms with Crippen LogP contribution in [0.1, 0.15) is 33.6 Å². The van der Waals surface area contributed by atoms with Crippen molar-refractivity contribution in [1.82, 2.24) is 0 Å². The van der Waals surface area contributed by atoms with E-state index in [0.29, 0.717) is 6.42 Å². The van der Waals surface area contributed by atoms with E-state index in [-0.39, 0.29) is 18.4 Å². The van der Waals surface area contributed by atoms with E-state index in [4.69, 9.17) is 9.84 Å². The standard InChI is InChI=1S/C13H18O4/c1-7-6-13(3,16)8(2)10-4-9(5-11(14)15)17-12(7)10/h6,8-9,16H,4-5H2,1-3H3,(H,14,15). The maximum absolute atomic E-state index is 10.7. The van der Waals surface area contributed by atoms with Gasteiger partial charge >= 0.3 is 5.97 Å². The van der Waals surface area contributed by atoms with Crippen molar-refractivity contribution in [2.24, 2.45) is 5.92 Å². The van der Waals surface area contributed by atoms with Crippen LogP contribution in [0.25, 0.3) is 0 Å². The maximum Gasteiger partial charge on any atom is 0.307 e. The summed E-state index contributed by atoms with van der Waals surface area (Å²) in [5.41, 5.74) is 1.07. The minimum absolute atomic E-state index is 0.00907. The molecule has 17 heavy (non-hydrogen) atoms. The van der Waals surface area contributed by atoms with E-state index in [0.717, 1.165) is 16.9 Å². The lowest BCUT2D eigenvalue weighted by molar-refractivity contribution is -0.139. The van der Waals surface area contributed by atoms with Crippen LogP contribution >= 0.6 is 0 Å². The number of hydrogen-bond acceptors (Lipinski definition) is 3. The molecule has 1 aliphatic carbocycles. The van der Waals surface area contributed by atoms with Gasteiger partial charge in [0, 0.05) is 12.3 Å². The topological polar surface area (TPSA) is 66.8 Å². The van der Waals surface area contributed by atoms with E-state index < -0.39 is 11.6 Å². The van der Waals surface area contributed by atoms with Gasteiger partial charge in [0.15, 0.2) is 0 Å². The number of hydrogen-bond donors (Lipinski definition) is 2. The number of rotatable bonds is 2. The molecule has 2 rings (SSSR count). The van der Waals surface area contributed by atoms with Crippen molar-refractivity contribution in [3.8, 4) is 0 Å². The van der Waals surface area contributed by atoms with Crippen molar-refractivity contribution < 1.29 is 19.7 Å². The minimum atomic E-state index is -0.871. The summed E-state index contributed by atoms with van der Waals surface area (Å²) in [5, 5.41) is 19.0. The molecule has 0 spiro atoms. The van der Waals surface area contributed by atoms with Gasteiger partial charge in [-0.15, -0.1) is 0 Å². The second kappa shape index (κ2) is 3.88. The van der Waals surface area contributed by atoms with Gasteiger partial charge in [-0.25, -0.2) is 0 Å². The van der Waals surface area contributed by atoms with Crippen molar-refractivity contribution in [1.29, 1.82) is 0 Å². The highest BCUT2D eigenvalue weighted by Gasteiger charge is 2.41. The predicted molar refractivity (Wildman–Crippen MR) is 62.3 cm³/mol. The fourth-order valence-electron chi connectivity index (χ4n) is 2.63. The molecule has 94 valence electrons. The Kier molecular flexibility index (Phi) is 2.78. The Balaban J connectivity index is 2.22. The molecule has 0 aromatic carbocycles. The molecule has 0 aromatic heterocycles. The maximum atomic E-state index is 10.7. The second-order valence-corrected chi connectivity index (χ2v) is 5.17. The lowest BCUT2D eigenvalue weighted by Gasteiger charge is -2.32. The van der Waals surface area contributed by atoms with E-state index >= 15 is 0 Å². The third-order valence-corrected chi connectivity index (χ3v) is 3.69. The Morgan fingerprint density at radius 3 is 2.88 bits per heavy atom. The third-order valence-electron chi connectivity index (χ3n) is 3.69. The van der Waals surface area contributed by atoms with Gasteiger partial charge in [-0.05, 0) is 31.1 Å². The van der Waals surface area contributed by atoms with Crippen molar-refractivity contribution in [3.63, 3.8) is 0 Å². The van der Waals surface area contributed by atoms with E-state index in [9.17, 15) is 9.90 Å². The Morgan fingerprint density at radius 1 is 1.65 bits per heavy atom. The molecule has 4 nitrogen and oxygen atoms in total. The fraction of sp³-hybridized carbons (Fsp3) is 0.615. The fourth-order valence-corrected chi connectivity index (χ4v) is 2.63. The number of ether oxygens (including phenoxy) is 1. The first kappa shape index (κ1) is 12.2. The van der Waals surface area contributed by atoms with Gasteiger partial charge in [-0.3, -0.25) is 4.79 Å². The summed E-state index contributed by atoms with van der Waals surface area (Å²) in [7, 11) is 0. The van der Waals surface area contributed by atoms with Crippen molar-refractivity contribution >= 4 is 5.97 Å². The monoisotopic (exact) mass is 238 g/mol. The van der Waals surface area contributed by atoms with Crippen LogP contribution in [0.5, 0.6) is 0 Å². The zero-order valence-electron chi connectivity index (χ0n) is 10.4. The molecule has 0 bridgehead atoms. The number of allylic oxidation sites excluding steroid dienone is 1. The lowest BCUT2D eigenvalue weighted by atomic mass is 9.77. The minimum Gasteiger partial charge on any atom is -0.489 e. The average Bonchev–Trinajstić information content (AvgIpc) is 2.57. The van der Waals surface area contributed by atoms with Gasteiger partial charge < -0.3 is 14.9 Å². The molecule has 1 heterocycles. The highest BCUT2D eigenvalue weighted by atomic mass is 16.5. The molecule has 0 radical (unpaired) electrons. The van der Waals surface area contributed by atoms with Gasteiger partial charge in [0.05, 0.1) is 12.0 Å². The van der Waals surface area contributed by atoms with Crippen LogP contribution in [0.3, 0.4) is 0 Å². The van der Waals surface area contributed by atoms with E-state index in [1.165, 1.54) is 0 Å². The predicted octanol–water partition coefficient (Wildman–Crippen LogP) is 1.85. The highest BCUT2D eigenvalue weighted by molar-refractivity contribution is 5.67. The Bertz CT molecular complexity index is 417. The number of aliphatic hydroxyl groups is 1. The molecule has 0 amide bonds. The van der Waals surface area contributed by atoms with Crippen LogP contribution in [0.2, 0.25) is 0 Å². The van der Waals surface area contributed by atoms with Gasteiger partial charge in [-0.1, -0.05) is 6.92 Å². The van der Waals surface area contributed by atoms with E-state index in [1.807, 2.05) is 13.8 Å². The zero-order valence-corrected chi connectivity index (χ0v) is 10.4. The summed E-state index contributed by atoms with van der Waals surface area (Å²) >= 11 is 0. The van der Waals surface area contributed by atoms with E-state index in [1.54, 1.807) is 13.0 Å². The number of carbonyl (C=O) groups is 1. The summed E-state index contributed by atoms with van der Waals surface area (Å²) in [5.74, 6) is -0.0915. The summed E-state index contributed by atoms with van der Waals surface area (Å²) < 4.78 is 5.67. The molecule has 4 heteroatoms. The molecular formula is C13H18O4. The molecule has 0 aromatic rings. The lowest BCUT2D eigenvalue weighted by Crippen LogP contribution is -2.34. The molecule has 1 aliphatic heterocycles. The van der Waals surface area contributed by atoms with Crippen molar-refractivity contribution in [2.45, 2.75) is 45.3 Å². The number of carboxylic acid groups (broad SMARTS) is 1. The van der Waals surface area contributed by atoms with Crippen LogP contribution in [0.4, 0.5) is 0 Å². The Hall–Kier alpha value is -1.29. The quantitative estimate of drug-likeness (QED) is 0.770. The normalized spacial score (nSPS) is 36.4. The molecule has 2 N–H and O–H groups in total. The van der Waals surface area contributed by atoms with Crippen LogP contribution in [0, 0.1) is 5.92 Å². The largest absolute Gasteiger partial charge is 0.489 e. The van der Waals surface area contributed by atoms with Gasteiger partial charge in [0.1, 0.15) is 11.9 Å². The molecular weight excluding hydrogens is 220 g/mol. The molecule has 3 atom stereocenters. The van der Waals surface area contributed by atoms with Crippen LogP contribution in [-0.2, 0) is 9.53 Å². The van der Waals surface area contributed by atoms with Gasteiger partial charge in [-0.2, -0.15) is 0 Å². The molecule has 3 unspecified atom stereocenters. The first-order valence-corrected chi connectivity index (χ1v) is 5.85.